The Morgan fingerprint density at radius 2 is 2.12 bits per heavy atom. The lowest BCUT2D eigenvalue weighted by atomic mass is 10.1. The largest absolute Gasteiger partial charge is 0.490 e. The molecule has 2 rings (SSSR count). The SMILES string of the molecule is CC(N)Cc1cc(OC2CCCC2)ccc1Br. The molecule has 17 heavy (non-hydrogen) atoms. The zero-order valence-electron chi connectivity index (χ0n) is 10.3. The highest BCUT2D eigenvalue weighted by Gasteiger charge is 2.16. The van der Waals surface area contributed by atoms with Gasteiger partial charge >= 0.3 is 0 Å². The summed E-state index contributed by atoms with van der Waals surface area (Å²) >= 11 is 3.56. The summed E-state index contributed by atoms with van der Waals surface area (Å²) in [5.41, 5.74) is 7.08. The van der Waals surface area contributed by atoms with E-state index in [4.69, 9.17) is 10.5 Å². The fourth-order valence-electron chi connectivity index (χ4n) is 2.33. The zero-order valence-corrected chi connectivity index (χ0v) is 11.9. The maximum absolute atomic E-state index is 5.99. The highest BCUT2D eigenvalue weighted by molar-refractivity contribution is 9.10. The highest BCUT2D eigenvalue weighted by atomic mass is 79.9. The molecular weight excluding hydrogens is 278 g/mol. The van der Waals surface area contributed by atoms with Gasteiger partial charge in [-0.05, 0) is 62.8 Å². The van der Waals surface area contributed by atoms with Gasteiger partial charge in [0.2, 0.25) is 0 Å². The van der Waals surface area contributed by atoms with Crippen LogP contribution in [0, 0.1) is 0 Å². The Kier molecular flexibility index (Phi) is 4.46. The van der Waals surface area contributed by atoms with E-state index in [0.29, 0.717) is 6.10 Å². The number of nitrogens with two attached hydrogens (primary N) is 1. The van der Waals surface area contributed by atoms with Crippen LogP contribution in [-0.2, 0) is 6.42 Å². The van der Waals surface area contributed by atoms with Crippen LogP contribution in [0.4, 0.5) is 0 Å². The quantitative estimate of drug-likeness (QED) is 0.920. The minimum Gasteiger partial charge on any atom is -0.490 e. The topological polar surface area (TPSA) is 35.2 Å². The first-order chi connectivity index (χ1) is 8.15. The van der Waals surface area contributed by atoms with Crippen LogP contribution in [0.2, 0.25) is 0 Å². The van der Waals surface area contributed by atoms with Gasteiger partial charge in [0.05, 0.1) is 6.10 Å². The summed E-state index contributed by atoms with van der Waals surface area (Å²) in [6.45, 7) is 2.02. The smallest absolute Gasteiger partial charge is 0.120 e. The van der Waals surface area contributed by atoms with E-state index >= 15 is 0 Å². The molecule has 1 fully saturated rings. The van der Waals surface area contributed by atoms with Gasteiger partial charge in [-0.3, -0.25) is 0 Å². The molecule has 94 valence electrons. The van der Waals surface area contributed by atoms with E-state index in [2.05, 4.69) is 28.1 Å². The lowest BCUT2D eigenvalue weighted by molar-refractivity contribution is 0.210. The Hall–Kier alpha value is -0.540. The Bertz CT molecular complexity index is 372. The van der Waals surface area contributed by atoms with Gasteiger partial charge in [0.15, 0.2) is 0 Å². The van der Waals surface area contributed by atoms with Crippen molar-refractivity contribution in [2.75, 3.05) is 0 Å². The summed E-state index contributed by atoms with van der Waals surface area (Å²) in [5.74, 6) is 0.982. The number of ether oxygens (including phenoxy) is 1. The van der Waals surface area contributed by atoms with Gasteiger partial charge in [0.25, 0.3) is 0 Å². The molecule has 0 aliphatic heterocycles. The van der Waals surface area contributed by atoms with Crippen molar-refractivity contribution in [1.29, 1.82) is 0 Å². The van der Waals surface area contributed by atoms with Crippen molar-refractivity contribution in [3.05, 3.63) is 28.2 Å². The fourth-order valence-corrected chi connectivity index (χ4v) is 2.73. The summed E-state index contributed by atoms with van der Waals surface area (Å²) < 4.78 is 7.11. The Morgan fingerprint density at radius 3 is 2.76 bits per heavy atom. The average Bonchev–Trinajstić information content (AvgIpc) is 2.75. The Morgan fingerprint density at radius 1 is 1.41 bits per heavy atom. The van der Waals surface area contributed by atoms with E-state index in [1.54, 1.807) is 0 Å². The van der Waals surface area contributed by atoms with Crippen molar-refractivity contribution in [2.45, 2.75) is 51.2 Å². The van der Waals surface area contributed by atoms with Crippen molar-refractivity contribution in [3.8, 4) is 5.75 Å². The van der Waals surface area contributed by atoms with Crippen molar-refractivity contribution in [2.24, 2.45) is 5.73 Å². The third kappa shape index (κ3) is 3.71. The van der Waals surface area contributed by atoms with Crippen LogP contribution in [0.3, 0.4) is 0 Å². The van der Waals surface area contributed by atoms with E-state index in [9.17, 15) is 0 Å². The van der Waals surface area contributed by atoms with Crippen molar-refractivity contribution >= 4 is 15.9 Å². The standard InChI is InChI=1S/C14H20BrNO/c1-10(16)8-11-9-13(6-7-14(11)15)17-12-4-2-3-5-12/h6-7,9-10,12H,2-5,8,16H2,1H3. The van der Waals surface area contributed by atoms with E-state index in [1.165, 1.54) is 31.2 Å². The molecule has 2 N–H and O–H groups in total. The lowest BCUT2D eigenvalue weighted by Crippen LogP contribution is -2.18. The molecule has 1 aliphatic carbocycles. The minimum absolute atomic E-state index is 0.174. The summed E-state index contributed by atoms with van der Waals surface area (Å²) in [6, 6.07) is 6.38. The van der Waals surface area contributed by atoms with Crippen molar-refractivity contribution < 1.29 is 4.74 Å². The van der Waals surface area contributed by atoms with Crippen LogP contribution < -0.4 is 10.5 Å². The Labute approximate surface area is 112 Å². The molecule has 1 unspecified atom stereocenters. The first-order valence-electron chi connectivity index (χ1n) is 6.36. The van der Waals surface area contributed by atoms with E-state index in [1.807, 2.05) is 13.0 Å². The maximum Gasteiger partial charge on any atom is 0.120 e. The first-order valence-corrected chi connectivity index (χ1v) is 7.15. The van der Waals surface area contributed by atoms with Gasteiger partial charge in [-0.25, -0.2) is 0 Å². The highest BCUT2D eigenvalue weighted by Crippen LogP contribution is 2.28. The Balaban J connectivity index is 2.06. The lowest BCUT2D eigenvalue weighted by Gasteiger charge is -2.15. The predicted octanol–water partition coefficient (Wildman–Crippen LogP) is 3.66. The van der Waals surface area contributed by atoms with E-state index < -0.39 is 0 Å². The predicted molar refractivity (Wildman–Crippen MR) is 74.4 cm³/mol. The van der Waals surface area contributed by atoms with Gasteiger partial charge in [-0.15, -0.1) is 0 Å². The van der Waals surface area contributed by atoms with Crippen LogP contribution in [0.5, 0.6) is 5.75 Å². The molecule has 0 bridgehead atoms. The number of hydrogen-bond donors (Lipinski definition) is 1. The first kappa shape index (κ1) is 12.9. The van der Waals surface area contributed by atoms with E-state index in [0.717, 1.165) is 16.6 Å². The van der Waals surface area contributed by atoms with Gasteiger partial charge in [-0.2, -0.15) is 0 Å². The summed E-state index contributed by atoms with van der Waals surface area (Å²) in [7, 11) is 0. The van der Waals surface area contributed by atoms with Gasteiger partial charge in [-0.1, -0.05) is 15.9 Å². The van der Waals surface area contributed by atoms with Crippen molar-refractivity contribution in [3.63, 3.8) is 0 Å². The van der Waals surface area contributed by atoms with Gasteiger partial charge in [0.1, 0.15) is 5.75 Å². The third-order valence-corrected chi connectivity index (χ3v) is 3.94. The van der Waals surface area contributed by atoms with Crippen LogP contribution in [-0.4, -0.2) is 12.1 Å². The molecule has 3 heteroatoms. The number of hydrogen-bond acceptors (Lipinski definition) is 2. The number of rotatable bonds is 4. The monoisotopic (exact) mass is 297 g/mol. The van der Waals surface area contributed by atoms with Crippen LogP contribution in [0.1, 0.15) is 38.2 Å². The second-order valence-corrected chi connectivity index (χ2v) is 5.81. The van der Waals surface area contributed by atoms with E-state index in [-0.39, 0.29) is 6.04 Å². The molecular formula is C14H20BrNO. The summed E-state index contributed by atoms with van der Waals surface area (Å²) in [4.78, 5) is 0. The third-order valence-electron chi connectivity index (χ3n) is 3.16. The molecule has 0 spiro atoms. The molecule has 0 saturated heterocycles. The molecule has 0 heterocycles. The number of halogens is 1. The fraction of sp³-hybridized carbons (Fsp3) is 0.571. The summed E-state index contributed by atoms with van der Waals surface area (Å²) in [6.07, 6.45) is 6.28. The van der Waals surface area contributed by atoms with Crippen LogP contribution >= 0.6 is 15.9 Å². The van der Waals surface area contributed by atoms with Crippen LogP contribution in [0.15, 0.2) is 22.7 Å². The van der Waals surface area contributed by atoms with Crippen molar-refractivity contribution in [1.82, 2.24) is 0 Å². The second-order valence-electron chi connectivity index (χ2n) is 4.96. The molecule has 1 saturated carbocycles. The number of benzene rings is 1. The molecule has 1 aromatic rings. The normalized spacial score (nSPS) is 18.3. The zero-order chi connectivity index (χ0) is 12.3. The molecule has 0 amide bonds. The average molecular weight is 298 g/mol. The van der Waals surface area contributed by atoms with Gasteiger partial charge in [0, 0.05) is 10.5 Å². The van der Waals surface area contributed by atoms with Gasteiger partial charge < -0.3 is 10.5 Å². The molecule has 1 aromatic carbocycles. The van der Waals surface area contributed by atoms with Crippen LogP contribution in [0.25, 0.3) is 0 Å². The molecule has 0 radical (unpaired) electrons. The molecule has 1 atom stereocenters. The molecule has 2 nitrogen and oxygen atoms in total. The minimum atomic E-state index is 0.174. The second kappa shape index (κ2) is 5.87. The molecule has 1 aliphatic rings. The molecule has 0 aromatic heterocycles. The maximum atomic E-state index is 5.99. The summed E-state index contributed by atoms with van der Waals surface area (Å²) in [5, 5.41) is 0.